The van der Waals surface area contributed by atoms with Crippen LogP contribution in [0.5, 0.6) is 0 Å². The van der Waals surface area contributed by atoms with Gasteiger partial charge in [0.2, 0.25) is 0 Å². The number of aryl methyl sites for hydroxylation is 1. The normalized spacial score (nSPS) is 26.1. The summed E-state index contributed by atoms with van der Waals surface area (Å²) in [5, 5.41) is 12.3. The van der Waals surface area contributed by atoms with Crippen molar-refractivity contribution in [1.82, 2.24) is 29.7 Å². The SMILES string of the molecule is Cn1nccc1[C@@H]1OCCC[C@H]1CN1CCC(Cn2ccnn2)CC1. The second-order valence-corrected chi connectivity index (χ2v) is 7.44. The molecule has 0 bridgehead atoms. The summed E-state index contributed by atoms with van der Waals surface area (Å²) in [5.74, 6) is 1.28. The number of aromatic nitrogens is 5. The minimum Gasteiger partial charge on any atom is -0.372 e. The van der Waals surface area contributed by atoms with Crippen molar-refractivity contribution >= 4 is 0 Å². The van der Waals surface area contributed by atoms with Crippen molar-refractivity contribution in [3.05, 3.63) is 30.4 Å². The second kappa shape index (κ2) is 7.66. The zero-order chi connectivity index (χ0) is 17.1. The van der Waals surface area contributed by atoms with Gasteiger partial charge in [-0.3, -0.25) is 9.36 Å². The summed E-state index contributed by atoms with van der Waals surface area (Å²) in [7, 11) is 2.01. The Morgan fingerprint density at radius 1 is 1.16 bits per heavy atom. The highest BCUT2D eigenvalue weighted by Gasteiger charge is 2.32. The van der Waals surface area contributed by atoms with Gasteiger partial charge in [0, 0.05) is 45.1 Å². The molecule has 0 amide bonds. The van der Waals surface area contributed by atoms with Crippen molar-refractivity contribution in [3.8, 4) is 0 Å². The summed E-state index contributed by atoms with van der Waals surface area (Å²) in [6.45, 7) is 5.35. The standard InChI is InChI=1S/C18H28N6O/c1-22-17(4-7-20-22)18-16(3-2-12-25-18)14-23-9-5-15(6-10-23)13-24-11-8-19-21-24/h4,7-8,11,15-16,18H,2-3,5-6,9-10,12-14H2,1H3/t16-,18+/m0/s1. The molecule has 2 fully saturated rings. The summed E-state index contributed by atoms with van der Waals surface area (Å²) in [6.07, 6.45) is 10.7. The predicted molar refractivity (Wildman–Crippen MR) is 93.8 cm³/mol. The molecule has 2 aromatic heterocycles. The molecule has 4 rings (SSSR count). The average molecular weight is 344 g/mol. The van der Waals surface area contributed by atoms with E-state index in [1.54, 1.807) is 6.20 Å². The summed E-state index contributed by atoms with van der Waals surface area (Å²) in [4.78, 5) is 2.63. The number of nitrogens with zero attached hydrogens (tertiary/aromatic N) is 6. The van der Waals surface area contributed by atoms with Crippen LogP contribution in [-0.2, 0) is 18.3 Å². The maximum atomic E-state index is 6.14. The van der Waals surface area contributed by atoms with E-state index in [0.29, 0.717) is 11.8 Å². The van der Waals surface area contributed by atoms with Gasteiger partial charge in [-0.05, 0) is 50.8 Å². The van der Waals surface area contributed by atoms with Crippen LogP contribution in [0.15, 0.2) is 24.7 Å². The number of hydrogen-bond donors (Lipinski definition) is 0. The van der Waals surface area contributed by atoms with E-state index in [1.807, 2.05) is 28.8 Å². The van der Waals surface area contributed by atoms with E-state index in [1.165, 1.54) is 44.5 Å². The Labute approximate surface area is 148 Å². The van der Waals surface area contributed by atoms with Crippen LogP contribution >= 0.6 is 0 Å². The maximum absolute atomic E-state index is 6.14. The van der Waals surface area contributed by atoms with Crippen molar-refractivity contribution < 1.29 is 4.74 Å². The minimum absolute atomic E-state index is 0.189. The molecule has 0 aromatic carbocycles. The molecule has 0 radical (unpaired) electrons. The molecular weight excluding hydrogens is 316 g/mol. The van der Waals surface area contributed by atoms with Crippen LogP contribution in [0.4, 0.5) is 0 Å². The van der Waals surface area contributed by atoms with E-state index in [0.717, 1.165) is 19.7 Å². The highest BCUT2D eigenvalue weighted by Crippen LogP contribution is 2.34. The first-order valence-corrected chi connectivity index (χ1v) is 9.45. The van der Waals surface area contributed by atoms with Crippen LogP contribution in [0.2, 0.25) is 0 Å². The monoisotopic (exact) mass is 344 g/mol. The molecule has 2 aliphatic heterocycles. The number of rotatable bonds is 5. The topological polar surface area (TPSA) is 61.0 Å². The van der Waals surface area contributed by atoms with E-state index in [9.17, 15) is 0 Å². The lowest BCUT2D eigenvalue weighted by molar-refractivity contribution is -0.0458. The van der Waals surface area contributed by atoms with E-state index >= 15 is 0 Å². The third-order valence-electron chi connectivity index (χ3n) is 5.71. The van der Waals surface area contributed by atoms with E-state index < -0.39 is 0 Å². The van der Waals surface area contributed by atoms with Crippen LogP contribution < -0.4 is 0 Å². The van der Waals surface area contributed by atoms with Gasteiger partial charge < -0.3 is 9.64 Å². The number of likely N-dealkylation sites (tertiary alicyclic amines) is 1. The Morgan fingerprint density at radius 2 is 2.04 bits per heavy atom. The Morgan fingerprint density at radius 3 is 2.76 bits per heavy atom. The largest absolute Gasteiger partial charge is 0.372 e. The number of ether oxygens (including phenoxy) is 1. The van der Waals surface area contributed by atoms with Gasteiger partial charge in [-0.1, -0.05) is 5.21 Å². The van der Waals surface area contributed by atoms with Gasteiger partial charge in [0.25, 0.3) is 0 Å². The number of piperidine rings is 1. The lowest BCUT2D eigenvalue weighted by Gasteiger charge is -2.38. The predicted octanol–water partition coefficient (Wildman–Crippen LogP) is 1.89. The average Bonchev–Trinajstić information content (AvgIpc) is 3.29. The fourth-order valence-electron chi connectivity index (χ4n) is 4.30. The molecule has 0 saturated carbocycles. The fourth-order valence-corrected chi connectivity index (χ4v) is 4.30. The first-order valence-electron chi connectivity index (χ1n) is 9.45. The molecule has 4 heterocycles. The van der Waals surface area contributed by atoms with E-state index in [-0.39, 0.29) is 6.10 Å². The fraction of sp³-hybridized carbons (Fsp3) is 0.722. The van der Waals surface area contributed by atoms with Crippen LogP contribution in [0.25, 0.3) is 0 Å². The summed E-state index contributed by atoms with van der Waals surface area (Å²) in [5.41, 5.74) is 1.21. The lowest BCUT2D eigenvalue weighted by atomic mass is 9.89. The summed E-state index contributed by atoms with van der Waals surface area (Å²) < 4.78 is 10.1. The molecule has 0 spiro atoms. The van der Waals surface area contributed by atoms with E-state index in [4.69, 9.17) is 4.74 Å². The van der Waals surface area contributed by atoms with Gasteiger partial charge in [-0.25, -0.2) is 0 Å². The first kappa shape index (κ1) is 16.7. The van der Waals surface area contributed by atoms with Crippen molar-refractivity contribution in [3.63, 3.8) is 0 Å². The van der Waals surface area contributed by atoms with Crippen molar-refractivity contribution in [2.45, 2.75) is 38.3 Å². The van der Waals surface area contributed by atoms with Crippen molar-refractivity contribution in [2.24, 2.45) is 18.9 Å². The molecular formula is C18H28N6O. The minimum atomic E-state index is 0.189. The van der Waals surface area contributed by atoms with Crippen molar-refractivity contribution in [1.29, 1.82) is 0 Å². The van der Waals surface area contributed by atoms with Crippen LogP contribution in [0.3, 0.4) is 0 Å². The lowest BCUT2D eigenvalue weighted by Crippen LogP contribution is -2.41. The zero-order valence-corrected chi connectivity index (χ0v) is 15.0. The summed E-state index contributed by atoms with van der Waals surface area (Å²) in [6, 6.07) is 2.10. The maximum Gasteiger partial charge on any atom is 0.103 e. The molecule has 2 aliphatic rings. The molecule has 2 aromatic rings. The quantitative estimate of drug-likeness (QED) is 0.829. The Hall–Kier alpha value is -1.73. The molecule has 25 heavy (non-hydrogen) atoms. The zero-order valence-electron chi connectivity index (χ0n) is 15.0. The number of hydrogen-bond acceptors (Lipinski definition) is 5. The van der Waals surface area contributed by atoms with Crippen LogP contribution in [0, 0.1) is 11.8 Å². The Balaban J connectivity index is 1.31. The molecule has 0 unspecified atom stereocenters. The van der Waals surface area contributed by atoms with Crippen molar-refractivity contribution in [2.75, 3.05) is 26.2 Å². The van der Waals surface area contributed by atoms with Gasteiger partial charge in [-0.15, -0.1) is 5.10 Å². The Bertz CT molecular complexity index is 646. The van der Waals surface area contributed by atoms with E-state index in [2.05, 4.69) is 26.4 Å². The molecule has 2 saturated heterocycles. The van der Waals surface area contributed by atoms with Gasteiger partial charge >= 0.3 is 0 Å². The summed E-state index contributed by atoms with van der Waals surface area (Å²) >= 11 is 0. The van der Waals surface area contributed by atoms with Crippen LogP contribution in [0.1, 0.15) is 37.5 Å². The van der Waals surface area contributed by atoms with Crippen LogP contribution in [-0.4, -0.2) is 55.9 Å². The highest BCUT2D eigenvalue weighted by molar-refractivity contribution is 5.07. The molecule has 0 N–H and O–H groups in total. The molecule has 2 atom stereocenters. The van der Waals surface area contributed by atoms with Gasteiger partial charge in [0.15, 0.2) is 0 Å². The van der Waals surface area contributed by atoms with Gasteiger partial charge in [0.05, 0.1) is 11.9 Å². The molecule has 136 valence electrons. The molecule has 7 heteroatoms. The second-order valence-electron chi connectivity index (χ2n) is 7.44. The Kier molecular flexibility index (Phi) is 5.12. The molecule has 7 nitrogen and oxygen atoms in total. The molecule has 0 aliphatic carbocycles. The third kappa shape index (κ3) is 3.93. The highest BCUT2D eigenvalue weighted by atomic mass is 16.5. The smallest absolute Gasteiger partial charge is 0.103 e. The first-order chi connectivity index (χ1) is 12.3. The van der Waals surface area contributed by atoms with Gasteiger partial charge in [0.1, 0.15) is 6.10 Å². The van der Waals surface area contributed by atoms with Gasteiger partial charge in [-0.2, -0.15) is 5.10 Å². The third-order valence-corrected chi connectivity index (χ3v) is 5.71.